The Labute approximate surface area is 184 Å². The fraction of sp³-hybridized carbons (Fsp3) is 0.261. The van der Waals surface area contributed by atoms with Crippen LogP contribution in [0.1, 0.15) is 30.4 Å². The van der Waals surface area contributed by atoms with Gasteiger partial charge in [-0.1, -0.05) is 50.2 Å². The fourth-order valence-corrected chi connectivity index (χ4v) is 3.58. The summed E-state index contributed by atoms with van der Waals surface area (Å²) in [5, 5.41) is 6.57. The highest BCUT2D eigenvalue weighted by molar-refractivity contribution is 7.12. The smallest absolute Gasteiger partial charge is 0.279 e. The highest BCUT2D eigenvalue weighted by atomic mass is 32.1. The van der Waals surface area contributed by atoms with Gasteiger partial charge in [-0.3, -0.25) is 25.2 Å². The predicted molar refractivity (Wildman–Crippen MR) is 121 cm³/mol. The van der Waals surface area contributed by atoms with Crippen molar-refractivity contribution in [2.45, 2.75) is 32.9 Å². The number of benzene rings is 2. The molecule has 162 valence electrons. The molecule has 0 aliphatic rings. The topological polar surface area (TPSA) is 96.5 Å². The highest BCUT2D eigenvalue weighted by Crippen LogP contribution is 2.21. The van der Waals surface area contributed by atoms with Crippen LogP contribution in [0.25, 0.3) is 10.8 Å². The molecule has 0 aliphatic heterocycles. The van der Waals surface area contributed by atoms with Gasteiger partial charge in [-0.05, 0) is 47.2 Å². The van der Waals surface area contributed by atoms with Crippen LogP contribution in [0.4, 0.5) is 0 Å². The first-order valence-corrected chi connectivity index (χ1v) is 10.8. The van der Waals surface area contributed by atoms with E-state index in [0.29, 0.717) is 10.6 Å². The van der Waals surface area contributed by atoms with E-state index in [9.17, 15) is 14.4 Å². The summed E-state index contributed by atoms with van der Waals surface area (Å²) in [4.78, 5) is 37.7. The van der Waals surface area contributed by atoms with Crippen LogP contribution in [-0.4, -0.2) is 29.9 Å². The third kappa shape index (κ3) is 5.82. The number of nitrogens with one attached hydrogen (secondary N) is 3. The maximum Gasteiger partial charge on any atom is 0.279 e. The molecule has 0 fully saturated rings. The molecular weight excluding hydrogens is 414 g/mol. The third-order valence-corrected chi connectivity index (χ3v) is 5.56. The van der Waals surface area contributed by atoms with Gasteiger partial charge in [0.1, 0.15) is 11.8 Å². The van der Waals surface area contributed by atoms with Gasteiger partial charge in [0, 0.05) is 0 Å². The van der Waals surface area contributed by atoms with E-state index in [-0.39, 0.29) is 11.8 Å². The van der Waals surface area contributed by atoms with E-state index in [0.717, 1.165) is 10.8 Å². The number of hydrogen-bond acceptors (Lipinski definition) is 5. The Morgan fingerprint density at radius 1 is 0.871 bits per heavy atom. The fourth-order valence-electron chi connectivity index (χ4n) is 2.96. The van der Waals surface area contributed by atoms with Gasteiger partial charge in [-0.15, -0.1) is 11.3 Å². The van der Waals surface area contributed by atoms with Crippen LogP contribution >= 0.6 is 11.3 Å². The maximum atomic E-state index is 12.5. The molecule has 1 aromatic heterocycles. The lowest BCUT2D eigenvalue weighted by molar-refractivity contribution is -0.133. The Morgan fingerprint density at radius 2 is 1.58 bits per heavy atom. The summed E-state index contributed by atoms with van der Waals surface area (Å²) in [5.74, 6) is -0.967. The Kier molecular flexibility index (Phi) is 7.25. The molecule has 31 heavy (non-hydrogen) atoms. The van der Waals surface area contributed by atoms with Crippen molar-refractivity contribution in [3.05, 3.63) is 64.9 Å². The molecule has 0 spiro atoms. The van der Waals surface area contributed by atoms with Crippen molar-refractivity contribution in [2.75, 3.05) is 0 Å². The van der Waals surface area contributed by atoms with Crippen LogP contribution < -0.4 is 20.9 Å². The van der Waals surface area contributed by atoms with E-state index < -0.39 is 24.0 Å². The van der Waals surface area contributed by atoms with E-state index in [2.05, 4.69) is 16.2 Å². The van der Waals surface area contributed by atoms with Gasteiger partial charge < -0.3 is 10.1 Å². The van der Waals surface area contributed by atoms with Crippen LogP contribution in [-0.2, 0) is 9.59 Å². The van der Waals surface area contributed by atoms with Gasteiger partial charge in [-0.2, -0.15) is 0 Å². The summed E-state index contributed by atoms with van der Waals surface area (Å²) in [6, 6.07) is 16.1. The lowest BCUT2D eigenvalue weighted by Gasteiger charge is -2.22. The lowest BCUT2D eigenvalue weighted by Crippen LogP contribution is -2.55. The number of amides is 3. The van der Waals surface area contributed by atoms with Crippen LogP contribution in [0.5, 0.6) is 5.75 Å². The van der Waals surface area contributed by atoms with Gasteiger partial charge in [0.15, 0.2) is 6.10 Å². The zero-order chi connectivity index (χ0) is 22.4. The van der Waals surface area contributed by atoms with Crippen LogP contribution in [0, 0.1) is 5.92 Å². The minimum absolute atomic E-state index is 0.174. The molecule has 2 atom stereocenters. The van der Waals surface area contributed by atoms with Crippen molar-refractivity contribution in [1.29, 1.82) is 0 Å². The van der Waals surface area contributed by atoms with Crippen molar-refractivity contribution in [1.82, 2.24) is 16.2 Å². The average molecular weight is 440 g/mol. The molecule has 3 rings (SSSR count). The van der Waals surface area contributed by atoms with Gasteiger partial charge in [0.05, 0.1) is 4.88 Å². The van der Waals surface area contributed by atoms with Crippen LogP contribution in [0.3, 0.4) is 0 Å². The normalized spacial score (nSPS) is 12.8. The zero-order valence-electron chi connectivity index (χ0n) is 17.5. The Morgan fingerprint density at radius 3 is 2.26 bits per heavy atom. The van der Waals surface area contributed by atoms with E-state index in [4.69, 9.17) is 4.74 Å². The first-order chi connectivity index (χ1) is 14.8. The Bertz CT molecular complexity index is 1070. The van der Waals surface area contributed by atoms with Crippen LogP contribution in [0.2, 0.25) is 0 Å². The molecule has 3 amide bonds. The number of hydrogen-bond donors (Lipinski definition) is 3. The van der Waals surface area contributed by atoms with E-state index >= 15 is 0 Å². The molecule has 7 nitrogen and oxygen atoms in total. The number of rotatable bonds is 7. The van der Waals surface area contributed by atoms with E-state index in [1.54, 1.807) is 30.5 Å². The number of fused-ring (bicyclic) bond motifs is 1. The summed E-state index contributed by atoms with van der Waals surface area (Å²) < 4.78 is 5.71. The minimum atomic E-state index is -0.834. The van der Waals surface area contributed by atoms with Gasteiger partial charge in [0.25, 0.3) is 17.7 Å². The molecule has 8 heteroatoms. The number of carbonyl (C=O) groups excluding carboxylic acids is 3. The van der Waals surface area contributed by atoms with Gasteiger partial charge in [-0.25, -0.2) is 0 Å². The predicted octanol–water partition coefficient (Wildman–Crippen LogP) is 3.27. The molecule has 0 saturated heterocycles. The van der Waals surface area contributed by atoms with Crippen LogP contribution in [0.15, 0.2) is 60.0 Å². The van der Waals surface area contributed by atoms with Crippen molar-refractivity contribution < 1.29 is 19.1 Å². The van der Waals surface area contributed by atoms with Crippen molar-refractivity contribution >= 4 is 39.8 Å². The largest absolute Gasteiger partial charge is 0.481 e. The molecule has 0 saturated carbocycles. The molecular formula is C23H25N3O4S. The summed E-state index contributed by atoms with van der Waals surface area (Å²) >= 11 is 1.29. The van der Waals surface area contributed by atoms with Crippen molar-refractivity contribution in [2.24, 2.45) is 5.92 Å². The van der Waals surface area contributed by atoms with Crippen molar-refractivity contribution in [3.63, 3.8) is 0 Å². The van der Waals surface area contributed by atoms with Gasteiger partial charge >= 0.3 is 0 Å². The first kappa shape index (κ1) is 22.3. The molecule has 0 bridgehead atoms. The first-order valence-electron chi connectivity index (χ1n) is 9.94. The quantitative estimate of drug-likeness (QED) is 0.492. The molecule has 0 radical (unpaired) electrons. The second-order valence-electron chi connectivity index (χ2n) is 7.42. The Hall–Kier alpha value is -3.39. The lowest BCUT2D eigenvalue weighted by atomic mass is 10.0. The minimum Gasteiger partial charge on any atom is -0.481 e. The molecule has 3 N–H and O–H groups in total. The number of carbonyl (C=O) groups is 3. The summed E-state index contributed by atoms with van der Waals surface area (Å²) in [6.45, 7) is 5.22. The molecule has 1 heterocycles. The number of hydrazine groups is 1. The summed E-state index contributed by atoms with van der Waals surface area (Å²) in [6.07, 6.45) is -0.834. The van der Waals surface area contributed by atoms with Gasteiger partial charge in [0.2, 0.25) is 0 Å². The zero-order valence-corrected chi connectivity index (χ0v) is 18.4. The third-order valence-electron chi connectivity index (χ3n) is 4.69. The average Bonchev–Trinajstić information content (AvgIpc) is 3.30. The second-order valence-corrected chi connectivity index (χ2v) is 8.37. The molecule has 3 aromatic rings. The number of ether oxygens (including phenoxy) is 1. The van der Waals surface area contributed by atoms with E-state index in [1.807, 2.05) is 50.2 Å². The second kappa shape index (κ2) is 10.1. The molecule has 2 aromatic carbocycles. The number of thiophene rings is 1. The monoisotopic (exact) mass is 439 g/mol. The Balaban J connectivity index is 1.54. The molecule has 0 unspecified atom stereocenters. The van der Waals surface area contributed by atoms with Crippen molar-refractivity contribution in [3.8, 4) is 5.75 Å². The maximum absolute atomic E-state index is 12.5. The molecule has 0 aliphatic carbocycles. The standard InChI is InChI=1S/C23H25N3O4S/c1-14(2)20(24-22(28)19-9-6-12-31-19)23(29)26-25-21(27)15(3)30-18-11-10-16-7-4-5-8-17(16)13-18/h4-15,20H,1-3H3,(H,24,28)(H,25,27)(H,26,29)/t15-,20+/m1/s1. The summed E-state index contributed by atoms with van der Waals surface area (Å²) in [5.41, 5.74) is 4.75. The SMILES string of the molecule is CC(C)[C@H](NC(=O)c1cccs1)C(=O)NNC(=O)[C@@H](C)Oc1ccc2ccccc2c1. The van der Waals surface area contributed by atoms with E-state index in [1.165, 1.54) is 11.3 Å². The highest BCUT2D eigenvalue weighted by Gasteiger charge is 2.26. The summed E-state index contributed by atoms with van der Waals surface area (Å²) in [7, 11) is 0.